The van der Waals surface area contributed by atoms with Crippen molar-refractivity contribution in [3.63, 3.8) is 0 Å². The van der Waals surface area contributed by atoms with Gasteiger partial charge in [-0.2, -0.15) is 0 Å². The summed E-state index contributed by atoms with van der Waals surface area (Å²) in [5.74, 6) is 2.61. The summed E-state index contributed by atoms with van der Waals surface area (Å²) in [6.07, 6.45) is 5.21. The van der Waals surface area contributed by atoms with Gasteiger partial charge in [0.15, 0.2) is 11.5 Å². The summed E-state index contributed by atoms with van der Waals surface area (Å²) in [6.45, 7) is 4.01. The molecule has 1 aliphatic rings. The molecule has 1 atom stereocenters. The molecule has 1 aliphatic heterocycles. The molecule has 0 aliphatic carbocycles. The van der Waals surface area contributed by atoms with E-state index in [2.05, 4.69) is 10.3 Å². The molecule has 0 unspecified atom stereocenters. The van der Waals surface area contributed by atoms with Crippen LogP contribution in [0.2, 0.25) is 0 Å². The second-order valence-corrected chi connectivity index (χ2v) is 7.98. The molecule has 4 rings (SSSR count). The Balaban J connectivity index is 1.33. The summed E-state index contributed by atoms with van der Waals surface area (Å²) in [5.41, 5.74) is 1.06. The number of amides is 1. The van der Waals surface area contributed by atoms with Gasteiger partial charge in [-0.05, 0) is 61.7 Å². The van der Waals surface area contributed by atoms with Crippen LogP contribution in [0.15, 0.2) is 54.9 Å². The van der Waals surface area contributed by atoms with E-state index in [0.29, 0.717) is 51.4 Å². The van der Waals surface area contributed by atoms with Crippen molar-refractivity contribution in [2.45, 2.75) is 38.8 Å². The Morgan fingerprint density at radius 3 is 2.73 bits per heavy atom. The van der Waals surface area contributed by atoms with Gasteiger partial charge in [0.2, 0.25) is 5.91 Å². The SMILES string of the molecule is Cc1nccn1C[C@H](Cc1ccc2c(c1)OCCO2)NC(=O)CCCOc1ccc(F)cc1. The highest BCUT2D eigenvalue weighted by Gasteiger charge is 2.18. The normalized spacial score (nSPS) is 13.4. The van der Waals surface area contributed by atoms with Crippen LogP contribution in [-0.4, -0.2) is 41.3 Å². The largest absolute Gasteiger partial charge is 0.494 e. The fourth-order valence-corrected chi connectivity index (χ4v) is 3.75. The van der Waals surface area contributed by atoms with Crippen LogP contribution in [0.25, 0.3) is 0 Å². The van der Waals surface area contributed by atoms with Crippen molar-refractivity contribution in [3.8, 4) is 17.2 Å². The van der Waals surface area contributed by atoms with Gasteiger partial charge in [-0.15, -0.1) is 0 Å². The van der Waals surface area contributed by atoms with Crippen LogP contribution in [0.1, 0.15) is 24.2 Å². The second-order valence-electron chi connectivity index (χ2n) is 7.98. The summed E-state index contributed by atoms with van der Waals surface area (Å²) >= 11 is 0. The number of hydrogen-bond acceptors (Lipinski definition) is 5. The van der Waals surface area contributed by atoms with Crippen LogP contribution in [0.3, 0.4) is 0 Å². The van der Waals surface area contributed by atoms with Gasteiger partial charge in [0.1, 0.15) is 30.6 Å². The van der Waals surface area contributed by atoms with E-state index in [4.69, 9.17) is 14.2 Å². The Labute approximate surface area is 192 Å². The fourth-order valence-electron chi connectivity index (χ4n) is 3.75. The van der Waals surface area contributed by atoms with Crippen molar-refractivity contribution in [2.24, 2.45) is 0 Å². The lowest BCUT2D eigenvalue weighted by Gasteiger charge is -2.22. The Morgan fingerprint density at radius 1 is 1.18 bits per heavy atom. The van der Waals surface area contributed by atoms with Crippen molar-refractivity contribution in [1.82, 2.24) is 14.9 Å². The number of benzene rings is 2. The second kappa shape index (κ2) is 10.8. The maximum Gasteiger partial charge on any atom is 0.220 e. The first-order chi connectivity index (χ1) is 16.1. The van der Waals surface area contributed by atoms with Crippen LogP contribution < -0.4 is 19.5 Å². The molecule has 33 heavy (non-hydrogen) atoms. The Hall–Kier alpha value is -3.55. The van der Waals surface area contributed by atoms with Crippen LogP contribution in [0.5, 0.6) is 17.2 Å². The third-order valence-corrected chi connectivity index (χ3v) is 5.43. The zero-order valence-corrected chi connectivity index (χ0v) is 18.6. The number of halogens is 1. The molecule has 2 aromatic carbocycles. The topological polar surface area (TPSA) is 74.6 Å². The predicted octanol–water partition coefficient (Wildman–Crippen LogP) is 3.69. The van der Waals surface area contributed by atoms with Gasteiger partial charge in [-0.1, -0.05) is 6.07 Å². The van der Waals surface area contributed by atoms with Crippen LogP contribution >= 0.6 is 0 Å². The van der Waals surface area contributed by atoms with E-state index in [1.807, 2.05) is 35.9 Å². The number of rotatable bonds is 10. The standard InChI is InChI=1S/C25H28FN3O4/c1-18-27-10-11-29(18)17-21(15-19-4-9-23-24(16-19)33-14-13-32-23)28-25(30)3-2-12-31-22-7-5-20(26)6-8-22/h4-11,16,21H,2-3,12-15,17H2,1H3,(H,28,30)/t21-/m0/s1. The summed E-state index contributed by atoms with van der Waals surface area (Å²) in [7, 11) is 0. The summed E-state index contributed by atoms with van der Waals surface area (Å²) < 4.78 is 31.9. The lowest BCUT2D eigenvalue weighted by molar-refractivity contribution is -0.122. The molecule has 1 amide bonds. The minimum absolute atomic E-state index is 0.0435. The smallest absolute Gasteiger partial charge is 0.220 e. The summed E-state index contributed by atoms with van der Waals surface area (Å²) in [4.78, 5) is 16.9. The van der Waals surface area contributed by atoms with Crippen LogP contribution in [-0.2, 0) is 17.8 Å². The van der Waals surface area contributed by atoms with E-state index in [1.165, 1.54) is 12.1 Å². The van der Waals surface area contributed by atoms with Crippen molar-refractivity contribution in [1.29, 1.82) is 0 Å². The number of carbonyl (C=O) groups excluding carboxylic acids is 1. The quantitative estimate of drug-likeness (QED) is 0.474. The van der Waals surface area contributed by atoms with E-state index in [1.54, 1.807) is 18.3 Å². The van der Waals surface area contributed by atoms with Gasteiger partial charge < -0.3 is 24.1 Å². The number of aryl methyl sites for hydroxylation is 1. The van der Waals surface area contributed by atoms with Crippen molar-refractivity contribution >= 4 is 5.91 Å². The third-order valence-electron chi connectivity index (χ3n) is 5.43. The molecule has 0 bridgehead atoms. The first-order valence-electron chi connectivity index (χ1n) is 11.1. The van der Waals surface area contributed by atoms with E-state index < -0.39 is 0 Å². The molecule has 2 heterocycles. The molecule has 174 valence electrons. The number of fused-ring (bicyclic) bond motifs is 1. The Kier molecular flexibility index (Phi) is 7.44. The minimum atomic E-state index is -0.307. The number of nitrogens with one attached hydrogen (secondary N) is 1. The van der Waals surface area contributed by atoms with Crippen LogP contribution in [0.4, 0.5) is 4.39 Å². The first-order valence-corrected chi connectivity index (χ1v) is 11.1. The van der Waals surface area contributed by atoms with Gasteiger partial charge in [-0.3, -0.25) is 4.79 Å². The molecule has 0 saturated carbocycles. The lowest BCUT2D eigenvalue weighted by atomic mass is 10.0. The number of ether oxygens (including phenoxy) is 3. The summed E-state index contributed by atoms with van der Waals surface area (Å²) in [6, 6.07) is 11.6. The van der Waals surface area contributed by atoms with E-state index in [9.17, 15) is 9.18 Å². The molecule has 7 nitrogen and oxygen atoms in total. The molecular weight excluding hydrogens is 425 g/mol. The van der Waals surface area contributed by atoms with Gasteiger partial charge in [0.25, 0.3) is 0 Å². The highest BCUT2D eigenvalue weighted by molar-refractivity contribution is 5.76. The van der Waals surface area contributed by atoms with Crippen LogP contribution in [0, 0.1) is 12.7 Å². The molecule has 0 radical (unpaired) electrons. The molecule has 1 aromatic heterocycles. The summed E-state index contributed by atoms with van der Waals surface area (Å²) in [5, 5.41) is 3.15. The Bertz CT molecular complexity index is 1070. The van der Waals surface area contributed by atoms with E-state index >= 15 is 0 Å². The lowest BCUT2D eigenvalue weighted by Crippen LogP contribution is -2.39. The molecule has 0 saturated heterocycles. The van der Waals surface area contributed by atoms with Crippen molar-refractivity contribution in [3.05, 3.63) is 72.1 Å². The maximum atomic E-state index is 13.0. The number of aromatic nitrogens is 2. The first kappa shape index (κ1) is 22.6. The average molecular weight is 454 g/mol. The van der Waals surface area contributed by atoms with Crippen molar-refractivity contribution < 1.29 is 23.4 Å². The van der Waals surface area contributed by atoms with Gasteiger partial charge >= 0.3 is 0 Å². The zero-order valence-electron chi connectivity index (χ0n) is 18.6. The molecule has 8 heteroatoms. The van der Waals surface area contributed by atoms with E-state index in [0.717, 1.165) is 22.9 Å². The Morgan fingerprint density at radius 2 is 1.97 bits per heavy atom. The number of carbonyl (C=O) groups is 1. The average Bonchev–Trinajstić information content (AvgIpc) is 3.22. The van der Waals surface area contributed by atoms with E-state index in [-0.39, 0.29) is 17.8 Å². The highest BCUT2D eigenvalue weighted by Crippen LogP contribution is 2.31. The molecule has 0 spiro atoms. The predicted molar refractivity (Wildman–Crippen MR) is 121 cm³/mol. The number of nitrogens with zero attached hydrogens (tertiary/aromatic N) is 2. The molecule has 3 aromatic rings. The third kappa shape index (κ3) is 6.47. The number of hydrogen-bond donors (Lipinski definition) is 1. The van der Waals surface area contributed by atoms with Crippen molar-refractivity contribution in [2.75, 3.05) is 19.8 Å². The maximum absolute atomic E-state index is 13.0. The zero-order chi connectivity index (χ0) is 23.0. The van der Waals surface area contributed by atoms with Gasteiger partial charge in [0.05, 0.1) is 12.6 Å². The van der Waals surface area contributed by atoms with Gasteiger partial charge in [-0.25, -0.2) is 9.37 Å². The monoisotopic (exact) mass is 453 g/mol. The highest BCUT2D eigenvalue weighted by atomic mass is 19.1. The minimum Gasteiger partial charge on any atom is -0.494 e. The molecule has 0 fully saturated rings. The molecule has 1 N–H and O–H groups in total. The fraction of sp³-hybridized carbons (Fsp3) is 0.360. The van der Waals surface area contributed by atoms with Gasteiger partial charge in [0, 0.05) is 25.4 Å². The number of imidazole rings is 1. The molecular formula is C25H28FN3O4.